The SMILES string of the molecule is CC/C=C/C/C=C/C/C=C/C/C=C/CCCC(CC(=O)NC(CO)C(O)CCCCCCCCCCCCCCC)OC(=O)CCCCCC/C=C/C/C=C/C/C=C/CC. The van der Waals surface area contributed by atoms with E-state index in [9.17, 15) is 19.8 Å². The Morgan fingerprint density at radius 1 is 0.500 bits per heavy atom. The Hall–Kier alpha value is -2.96. The second kappa shape index (κ2) is 47.1. The Kier molecular flexibility index (Phi) is 44.8. The van der Waals surface area contributed by atoms with Crippen LogP contribution >= 0.6 is 0 Å². The van der Waals surface area contributed by atoms with Crippen LogP contribution in [0.25, 0.3) is 0 Å². The van der Waals surface area contributed by atoms with Gasteiger partial charge in [0.25, 0.3) is 0 Å². The second-order valence-corrected chi connectivity index (χ2v) is 16.4. The maximum Gasteiger partial charge on any atom is 0.306 e. The Morgan fingerprint density at radius 2 is 0.917 bits per heavy atom. The molecule has 0 bridgehead atoms. The van der Waals surface area contributed by atoms with Gasteiger partial charge in [0.2, 0.25) is 5.91 Å². The molecule has 0 aliphatic rings. The molecule has 3 N–H and O–H groups in total. The quantitative estimate of drug-likeness (QED) is 0.0323. The van der Waals surface area contributed by atoms with Gasteiger partial charge >= 0.3 is 5.97 Å². The highest BCUT2D eigenvalue weighted by atomic mass is 16.5. The number of carbonyl (C=O) groups excluding carboxylic acids is 2. The lowest BCUT2D eigenvalue weighted by molar-refractivity contribution is -0.151. The third-order valence-corrected chi connectivity index (χ3v) is 10.7. The van der Waals surface area contributed by atoms with E-state index in [0.717, 1.165) is 109 Å². The van der Waals surface area contributed by atoms with Gasteiger partial charge in [-0.25, -0.2) is 0 Å². The van der Waals surface area contributed by atoms with E-state index in [0.29, 0.717) is 19.3 Å². The first-order valence-corrected chi connectivity index (χ1v) is 24.8. The average molecular weight is 836 g/mol. The smallest absolute Gasteiger partial charge is 0.306 e. The van der Waals surface area contributed by atoms with Gasteiger partial charge in [-0.05, 0) is 89.9 Å². The summed E-state index contributed by atoms with van der Waals surface area (Å²) in [6.07, 6.45) is 60.7. The maximum absolute atomic E-state index is 13.2. The molecule has 344 valence electrons. The van der Waals surface area contributed by atoms with Crippen LogP contribution in [0.4, 0.5) is 0 Å². The summed E-state index contributed by atoms with van der Waals surface area (Å²) < 4.78 is 5.88. The van der Waals surface area contributed by atoms with Gasteiger partial charge in [0.1, 0.15) is 6.10 Å². The van der Waals surface area contributed by atoms with Crippen molar-refractivity contribution in [3.05, 3.63) is 85.1 Å². The van der Waals surface area contributed by atoms with E-state index in [1.54, 1.807) is 0 Å². The molecule has 3 atom stereocenters. The molecule has 0 spiro atoms. The lowest BCUT2D eigenvalue weighted by Crippen LogP contribution is -2.46. The monoisotopic (exact) mass is 836 g/mol. The molecule has 0 saturated carbocycles. The minimum Gasteiger partial charge on any atom is -0.462 e. The fraction of sp³-hybridized carbons (Fsp3) is 0.704. The molecule has 0 radical (unpaired) electrons. The van der Waals surface area contributed by atoms with Crippen LogP contribution in [-0.2, 0) is 14.3 Å². The van der Waals surface area contributed by atoms with Crippen molar-refractivity contribution in [3.63, 3.8) is 0 Å². The maximum atomic E-state index is 13.2. The van der Waals surface area contributed by atoms with Gasteiger partial charge in [-0.1, -0.05) is 202 Å². The van der Waals surface area contributed by atoms with Crippen molar-refractivity contribution in [3.8, 4) is 0 Å². The Balaban J connectivity index is 4.72. The molecule has 0 aliphatic carbocycles. The molecule has 1 amide bonds. The van der Waals surface area contributed by atoms with E-state index in [4.69, 9.17) is 4.74 Å². The van der Waals surface area contributed by atoms with Gasteiger partial charge in [-0.3, -0.25) is 9.59 Å². The molecule has 6 heteroatoms. The first kappa shape index (κ1) is 57.0. The number of rotatable bonds is 43. The zero-order valence-electron chi connectivity index (χ0n) is 39.1. The standard InChI is InChI=1S/C54H93NO5/c1-4-7-10-13-16-19-22-25-28-30-33-36-39-42-45-50(60-54(59)47-44-41-38-35-32-29-26-23-20-17-14-11-8-5-2)48-53(58)55-51(49-56)52(57)46-43-40-37-34-31-27-24-21-18-15-12-9-6-3/h7-8,10-11,16-17,19-20,25-26,28-29,33,36,50-52,56-57H,4-6,9,12-15,18,21-24,27,30-32,34-35,37-49H2,1-3H3,(H,55,58)/b10-7+,11-8+,19-16+,20-17+,28-25+,29-26+,36-33+. The van der Waals surface area contributed by atoms with Gasteiger partial charge in [0, 0.05) is 6.42 Å². The Morgan fingerprint density at radius 3 is 1.40 bits per heavy atom. The van der Waals surface area contributed by atoms with Crippen molar-refractivity contribution < 1.29 is 24.5 Å². The third kappa shape index (κ3) is 41.8. The number of allylic oxidation sites excluding steroid dienone is 14. The van der Waals surface area contributed by atoms with E-state index >= 15 is 0 Å². The van der Waals surface area contributed by atoms with Crippen LogP contribution < -0.4 is 5.32 Å². The van der Waals surface area contributed by atoms with Crippen LogP contribution in [0.1, 0.15) is 220 Å². The molecule has 0 aliphatic heterocycles. The molecule has 6 nitrogen and oxygen atoms in total. The second-order valence-electron chi connectivity index (χ2n) is 16.4. The van der Waals surface area contributed by atoms with Crippen molar-refractivity contribution in [2.24, 2.45) is 0 Å². The summed E-state index contributed by atoms with van der Waals surface area (Å²) in [6, 6.07) is -0.727. The lowest BCUT2D eigenvalue weighted by atomic mass is 10.0. The fourth-order valence-electron chi connectivity index (χ4n) is 7.03. The van der Waals surface area contributed by atoms with E-state index < -0.39 is 18.2 Å². The minimum atomic E-state index is -0.809. The highest BCUT2D eigenvalue weighted by molar-refractivity contribution is 5.77. The summed E-state index contributed by atoms with van der Waals surface area (Å²) in [7, 11) is 0. The van der Waals surface area contributed by atoms with Crippen molar-refractivity contribution in [2.75, 3.05) is 6.61 Å². The van der Waals surface area contributed by atoms with Crippen LogP contribution in [0.2, 0.25) is 0 Å². The number of carbonyl (C=O) groups is 2. The number of amides is 1. The molecule has 0 aromatic rings. The fourth-order valence-corrected chi connectivity index (χ4v) is 7.03. The molecule has 3 unspecified atom stereocenters. The highest BCUT2D eigenvalue weighted by Crippen LogP contribution is 2.16. The molecule has 0 rings (SSSR count). The topological polar surface area (TPSA) is 95.9 Å². The van der Waals surface area contributed by atoms with Crippen molar-refractivity contribution in [1.29, 1.82) is 0 Å². The first-order valence-electron chi connectivity index (χ1n) is 24.8. The minimum absolute atomic E-state index is 0.0267. The van der Waals surface area contributed by atoms with Gasteiger partial charge < -0.3 is 20.3 Å². The molecule has 60 heavy (non-hydrogen) atoms. The predicted molar refractivity (Wildman–Crippen MR) is 259 cm³/mol. The van der Waals surface area contributed by atoms with Crippen LogP contribution in [0.5, 0.6) is 0 Å². The van der Waals surface area contributed by atoms with Crippen molar-refractivity contribution in [1.82, 2.24) is 5.32 Å². The summed E-state index contributed by atoms with van der Waals surface area (Å²) in [5, 5.41) is 23.7. The van der Waals surface area contributed by atoms with E-state index in [1.165, 1.54) is 64.2 Å². The largest absolute Gasteiger partial charge is 0.462 e. The summed E-state index contributed by atoms with van der Waals surface area (Å²) in [5.74, 6) is -0.560. The van der Waals surface area contributed by atoms with Gasteiger partial charge in [-0.2, -0.15) is 0 Å². The van der Waals surface area contributed by atoms with Gasteiger partial charge in [0.15, 0.2) is 0 Å². The van der Waals surface area contributed by atoms with E-state index in [2.05, 4.69) is 111 Å². The molecular formula is C54H93NO5. The van der Waals surface area contributed by atoms with Crippen LogP contribution in [0.15, 0.2) is 85.1 Å². The predicted octanol–water partition coefficient (Wildman–Crippen LogP) is 14.8. The Labute approximate surface area is 370 Å². The highest BCUT2D eigenvalue weighted by Gasteiger charge is 2.24. The summed E-state index contributed by atoms with van der Waals surface area (Å²) in [6.45, 7) is 6.22. The molecule has 0 aromatic carbocycles. The lowest BCUT2D eigenvalue weighted by Gasteiger charge is -2.24. The van der Waals surface area contributed by atoms with Crippen LogP contribution in [0.3, 0.4) is 0 Å². The molecule has 0 fully saturated rings. The summed E-state index contributed by atoms with van der Waals surface area (Å²) in [5.41, 5.74) is 0. The number of ether oxygens (including phenoxy) is 1. The zero-order valence-corrected chi connectivity index (χ0v) is 39.1. The van der Waals surface area contributed by atoms with Gasteiger partial charge in [0.05, 0.1) is 25.2 Å². The summed E-state index contributed by atoms with van der Waals surface area (Å²) in [4.78, 5) is 26.1. The number of hydrogen-bond donors (Lipinski definition) is 3. The third-order valence-electron chi connectivity index (χ3n) is 10.7. The number of unbranched alkanes of at least 4 members (excludes halogenated alkanes) is 17. The normalized spacial score (nSPS) is 14.0. The molecule has 0 aromatic heterocycles. The first-order chi connectivity index (χ1) is 29.5. The number of aliphatic hydroxyl groups excluding tert-OH is 2. The molecular weight excluding hydrogens is 743 g/mol. The number of nitrogens with one attached hydrogen (secondary N) is 1. The van der Waals surface area contributed by atoms with Gasteiger partial charge in [-0.15, -0.1) is 0 Å². The Bertz CT molecular complexity index is 1160. The van der Waals surface area contributed by atoms with E-state index in [1.807, 2.05) is 0 Å². The molecule has 0 saturated heterocycles. The zero-order chi connectivity index (χ0) is 43.8. The number of esters is 1. The average Bonchev–Trinajstić information content (AvgIpc) is 3.24. The number of hydrogen-bond acceptors (Lipinski definition) is 5. The van der Waals surface area contributed by atoms with Crippen LogP contribution in [0, 0.1) is 0 Å². The van der Waals surface area contributed by atoms with Crippen molar-refractivity contribution >= 4 is 11.9 Å². The van der Waals surface area contributed by atoms with Crippen molar-refractivity contribution in [2.45, 2.75) is 238 Å². The number of aliphatic hydroxyl groups is 2. The summed E-state index contributed by atoms with van der Waals surface area (Å²) >= 11 is 0. The van der Waals surface area contributed by atoms with Crippen LogP contribution in [-0.4, -0.2) is 46.9 Å². The molecule has 0 heterocycles. The van der Waals surface area contributed by atoms with E-state index in [-0.39, 0.29) is 24.9 Å².